The number of aliphatic hydroxyl groups excluding tert-OH is 2. The summed E-state index contributed by atoms with van der Waals surface area (Å²) in [6, 6.07) is 13.4. The van der Waals surface area contributed by atoms with Crippen molar-refractivity contribution in [3.8, 4) is 0 Å². The minimum atomic E-state index is -1.52. The van der Waals surface area contributed by atoms with Gasteiger partial charge in [-0.1, -0.05) is 56.1 Å². The number of aliphatic hydroxyl groups is 2. The highest BCUT2D eigenvalue weighted by Crippen LogP contribution is 2.13. The number of carbonyl (C=O) groups is 2. The zero-order valence-corrected chi connectivity index (χ0v) is 22.4. The molecule has 2 rings (SSSR count). The predicted molar refractivity (Wildman–Crippen MR) is 138 cm³/mol. The summed E-state index contributed by atoms with van der Waals surface area (Å²) in [5.74, 6) is -2.00. The summed E-state index contributed by atoms with van der Waals surface area (Å²) in [6.45, 7) is 0. The van der Waals surface area contributed by atoms with Crippen molar-refractivity contribution in [2.75, 3.05) is 7.11 Å². The fraction of sp³-hybridized carbons (Fsp3) is 0.333. The van der Waals surface area contributed by atoms with Gasteiger partial charge < -0.3 is 31.5 Å². The maximum absolute atomic E-state index is 11.0. The first-order chi connectivity index (χ1) is 14.5. The van der Waals surface area contributed by atoms with Crippen molar-refractivity contribution >= 4 is 68.6 Å². The molecule has 186 valence electrons. The molecule has 7 N–H and O–H groups in total. The first-order valence-electron chi connectivity index (χ1n) is 9.22. The van der Waals surface area contributed by atoms with E-state index in [0.29, 0.717) is 12.8 Å². The lowest BCUT2D eigenvalue weighted by molar-refractivity contribution is -0.151. The Morgan fingerprint density at radius 2 is 1.15 bits per heavy atom. The van der Waals surface area contributed by atoms with Crippen LogP contribution in [0, 0.1) is 0 Å². The van der Waals surface area contributed by atoms with Crippen molar-refractivity contribution in [1.82, 2.24) is 0 Å². The van der Waals surface area contributed by atoms with E-state index in [1.165, 1.54) is 7.11 Å². The zero-order valence-electron chi connectivity index (χ0n) is 17.6. The number of benzene rings is 2. The van der Waals surface area contributed by atoms with Crippen LogP contribution in [0.25, 0.3) is 0 Å². The van der Waals surface area contributed by atoms with Crippen molar-refractivity contribution in [1.29, 1.82) is 0 Å². The van der Waals surface area contributed by atoms with Crippen molar-refractivity contribution in [3.05, 3.63) is 68.6 Å². The molecule has 0 saturated heterocycles. The molecule has 2 unspecified atom stereocenters. The van der Waals surface area contributed by atoms with Crippen LogP contribution in [-0.2, 0) is 27.2 Å². The van der Waals surface area contributed by atoms with Gasteiger partial charge in [0.2, 0.25) is 0 Å². The number of hydrogen-bond donors (Lipinski definition) is 5. The van der Waals surface area contributed by atoms with Crippen molar-refractivity contribution in [3.63, 3.8) is 0 Å². The van der Waals surface area contributed by atoms with Crippen LogP contribution in [0.4, 0.5) is 0 Å². The van der Waals surface area contributed by atoms with Crippen molar-refractivity contribution in [2.24, 2.45) is 11.5 Å². The summed E-state index contributed by atoms with van der Waals surface area (Å²) in [4.78, 5) is 21.5. The largest absolute Gasteiger partial charge is 0.479 e. The average molecular weight is 635 g/mol. The lowest BCUT2D eigenvalue weighted by Gasteiger charge is -2.16. The first kappa shape index (κ1) is 33.9. The molecule has 0 aliphatic heterocycles. The van der Waals surface area contributed by atoms with E-state index in [4.69, 9.17) is 16.6 Å². The van der Waals surface area contributed by atoms with Gasteiger partial charge in [0.15, 0.2) is 12.2 Å². The molecular formula is C21H28Br2Cl2N2O6. The standard InChI is InChI=1S/C11H14BrNO3.C10H12BrNO3.2ClH/c1-16-11(15)10(14)9(13)6-7-2-4-8(12)5-3-7;11-7-3-1-6(2-4-7)5-8(12)9(13)10(14)15;;/h2-5,9-10,14H,6,13H2,1H3;1-4,8-9,13H,5,12H2,(H,14,15);2*1H/t9-,10?;8-,9?;;/m11../s1. The third-order valence-corrected chi connectivity index (χ3v) is 5.33. The molecular weight excluding hydrogens is 607 g/mol. The zero-order chi connectivity index (χ0) is 23.6. The molecule has 0 saturated carbocycles. The summed E-state index contributed by atoms with van der Waals surface area (Å²) in [5, 5.41) is 27.2. The van der Waals surface area contributed by atoms with Crippen LogP contribution in [0.3, 0.4) is 0 Å². The Morgan fingerprint density at radius 1 is 0.818 bits per heavy atom. The Bertz CT molecular complexity index is 844. The van der Waals surface area contributed by atoms with Crippen molar-refractivity contribution in [2.45, 2.75) is 37.1 Å². The maximum Gasteiger partial charge on any atom is 0.336 e. The van der Waals surface area contributed by atoms with E-state index in [1.807, 2.05) is 48.5 Å². The molecule has 33 heavy (non-hydrogen) atoms. The van der Waals surface area contributed by atoms with Crippen LogP contribution in [0.1, 0.15) is 11.1 Å². The van der Waals surface area contributed by atoms with Gasteiger partial charge >= 0.3 is 11.9 Å². The summed E-state index contributed by atoms with van der Waals surface area (Å²) in [6.07, 6.45) is -2.05. The fourth-order valence-electron chi connectivity index (χ4n) is 2.49. The lowest BCUT2D eigenvalue weighted by Crippen LogP contribution is -2.42. The molecule has 12 heteroatoms. The van der Waals surface area contributed by atoms with Crippen LogP contribution in [0.2, 0.25) is 0 Å². The van der Waals surface area contributed by atoms with Crippen molar-refractivity contribution < 1.29 is 29.6 Å². The average Bonchev–Trinajstić information content (AvgIpc) is 2.75. The summed E-state index contributed by atoms with van der Waals surface area (Å²) in [7, 11) is 1.22. The highest BCUT2D eigenvalue weighted by atomic mass is 79.9. The SMILES string of the molecule is COC(=O)C(O)[C@H](N)Cc1ccc(Br)cc1.Cl.Cl.N[C@H](Cc1ccc(Br)cc1)C(O)C(=O)O. The number of hydrogen-bond acceptors (Lipinski definition) is 7. The molecule has 0 aromatic heterocycles. The monoisotopic (exact) mass is 632 g/mol. The van der Waals surface area contributed by atoms with Crippen LogP contribution in [-0.4, -0.2) is 58.7 Å². The maximum atomic E-state index is 11.0. The summed E-state index contributed by atoms with van der Waals surface area (Å²) >= 11 is 6.61. The number of carboxylic acids is 1. The Labute approximate surface area is 221 Å². The van der Waals surface area contributed by atoms with Gasteiger partial charge in [0.05, 0.1) is 7.11 Å². The predicted octanol–water partition coefficient (Wildman–Crippen LogP) is 2.46. The molecule has 4 atom stereocenters. The minimum absolute atomic E-state index is 0. The van der Waals surface area contributed by atoms with Crippen LogP contribution < -0.4 is 11.5 Å². The molecule has 2 aromatic carbocycles. The van der Waals surface area contributed by atoms with Crippen LogP contribution in [0.15, 0.2) is 57.5 Å². The smallest absolute Gasteiger partial charge is 0.336 e. The highest BCUT2D eigenvalue weighted by molar-refractivity contribution is 9.10. The molecule has 0 spiro atoms. The summed E-state index contributed by atoms with van der Waals surface area (Å²) in [5.41, 5.74) is 13.1. The summed E-state index contributed by atoms with van der Waals surface area (Å²) < 4.78 is 6.33. The fourth-order valence-corrected chi connectivity index (χ4v) is 3.02. The molecule has 2 aromatic rings. The van der Waals surface area contributed by atoms with E-state index in [-0.39, 0.29) is 24.8 Å². The number of aliphatic carboxylic acids is 1. The second-order valence-corrected chi connectivity index (χ2v) is 8.57. The van der Waals surface area contributed by atoms with E-state index < -0.39 is 36.2 Å². The molecule has 0 amide bonds. The molecule has 0 heterocycles. The Hall–Kier alpha value is -1.24. The molecule has 0 aliphatic carbocycles. The molecule has 0 radical (unpaired) electrons. The van der Waals surface area contributed by atoms with Gasteiger partial charge in [-0.25, -0.2) is 9.59 Å². The van der Waals surface area contributed by atoms with Gasteiger partial charge in [0, 0.05) is 21.0 Å². The Kier molecular flexibility index (Phi) is 17.7. The first-order valence-corrected chi connectivity index (χ1v) is 10.8. The van der Waals surface area contributed by atoms with Gasteiger partial charge in [0.1, 0.15) is 0 Å². The third-order valence-electron chi connectivity index (χ3n) is 4.28. The molecule has 0 aliphatic rings. The number of ether oxygens (including phenoxy) is 1. The van der Waals surface area contributed by atoms with Crippen LogP contribution in [0.5, 0.6) is 0 Å². The second kappa shape index (κ2) is 17.2. The third kappa shape index (κ3) is 12.7. The van der Waals surface area contributed by atoms with Gasteiger partial charge in [-0.3, -0.25) is 0 Å². The molecule has 0 fully saturated rings. The Balaban J connectivity index is 0. The highest BCUT2D eigenvalue weighted by Gasteiger charge is 2.23. The Morgan fingerprint density at radius 3 is 1.45 bits per heavy atom. The van der Waals surface area contributed by atoms with E-state index in [2.05, 4.69) is 36.6 Å². The number of rotatable bonds is 8. The number of carbonyl (C=O) groups excluding carboxylic acids is 1. The van der Waals surface area contributed by atoms with E-state index in [9.17, 15) is 19.8 Å². The second-order valence-electron chi connectivity index (χ2n) is 6.74. The van der Waals surface area contributed by atoms with E-state index in [0.717, 1.165) is 20.1 Å². The number of nitrogens with two attached hydrogens (primary N) is 2. The quantitative estimate of drug-likeness (QED) is 0.277. The molecule has 8 nitrogen and oxygen atoms in total. The van der Waals surface area contributed by atoms with Gasteiger partial charge in [-0.15, -0.1) is 24.8 Å². The van der Waals surface area contributed by atoms with Gasteiger partial charge in [0.25, 0.3) is 0 Å². The lowest BCUT2D eigenvalue weighted by atomic mass is 10.0. The van der Waals surface area contributed by atoms with Gasteiger partial charge in [-0.05, 0) is 48.2 Å². The number of carboxylic acid groups (broad SMARTS) is 1. The molecule has 0 bridgehead atoms. The van der Waals surface area contributed by atoms with E-state index >= 15 is 0 Å². The number of methoxy groups -OCH3 is 1. The van der Waals surface area contributed by atoms with Crippen LogP contribution >= 0.6 is 56.7 Å². The normalized spacial score (nSPS) is 13.5. The minimum Gasteiger partial charge on any atom is -0.479 e. The van der Waals surface area contributed by atoms with E-state index in [1.54, 1.807) is 0 Å². The number of halogens is 4. The number of esters is 1. The van der Waals surface area contributed by atoms with Gasteiger partial charge in [-0.2, -0.15) is 0 Å². The topological polar surface area (TPSA) is 156 Å².